The van der Waals surface area contributed by atoms with Crippen LogP contribution in [-0.4, -0.2) is 32.7 Å². The van der Waals surface area contributed by atoms with Gasteiger partial charge in [0.15, 0.2) is 5.75 Å². The smallest absolute Gasteiger partial charge is 0.214 e. The molecule has 4 nitrogen and oxygen atoms in total. The molecule has 0 heterocycles. The fourth-order valence-electron chi connectivity index (χ4n) is 0.735. The molecule has 0 atom stereocenters. The zero-order chi connectivity index (χ0) is 10.2. The average molecular weight is 222 g/mol. The first-order valence-corrected chi connectivity index (χ1v) is 7.00. The number of nitrogens with one attached hydrogen (secondary N) is 1. The Morgan fingerprint density at radius 3 is 2.69 bits per heavy atom. The molecular formula is C7H14N2O2S2. The molecule has 0 spiro atoms. The van der Waals surface area contributed by atoms with Crippen LogP contribution < -0.4 is 4.72 Å². The summed E-state index contributed by atoms with van der Waals surface area (Å²) in [5, 5.41) is 8.17. The highest BCUT2D eigenvalue weighted by Gasteiger charge is 2.06. The van der Waals surface area contributed by atoms with Crippen molar-refractivity contribution < 1.29 is 8.42 Å². The van der Waals surface area contributed by atoms with Gasteiger partial charge in [0.2, 0.25) is 10.0 Å². The SMILES string of the molecule is CSCCCCNS(=O)(=O)CC#N. The molecule has 0 amide bonds. The Labute approximate surface area is 83.8 Å². The molecule has 0 aromatic heterocycles. The summed E-state index contributed by atoms with van der Waals surface area (Å²) < 4.78 is 24.2. The fraction of sp³-hybridized carbons (Fsp3) is 0.857. The van der Waals surface area contributed by atoms with Crippen LogP contribution in [0.4, 0.5) is 0 Å². The molecular weight excluding hydrogens is 208 g/mol. The van der Waals surface area contributed by atoms with Crippen LogP contribution in [0.25, 0.3) is 0 Å². The van der Waals surface area contributed by atoms with Gasteiger partial charge in [-0.15, -0.1) is 0 Å². The number of nitrogens with zero attached hydrogens (tertiary/aromatic N) is 1. The molecule has 0 aromatic carbocycles. The molecule has 0 aromatic rings. The highest BCUT2D eigenvalue weighted by Crippen LogP contribution is 1.98. The maximum atomic E-state index is 10.9. The minimum atomic E-state index is -3.34. The summed E-state index contributed by atoms with van der Waals surface area (Å²) in [6.45, 7) is 0.435. The van der Waals surface area contributed by atoms with Crippen LogP contribution in [-0.2, 0) is 10.0 Å². The first kappa shape index (κ1) is 12.8. The van der Waals surface area contributed by atoms with E-state index in [9.17, 15) is 8.42 Å². The van der Waals surface area contributed by atoms with Gasteiger partial charge in [-0.25, -0.2) is 13.1 Å². The first-order valence-electron chi connectivity index (χ1n) is 3.95. The first-order chi connectivity index (χ1) is 6.12. The van der Waals surface area contributed by atoms with Crippen LogP contribution in [0.5, 0.6) is 0 Å². The number of sulfonamides is 1. The third-order valence-electron chi connectivity index (χ3n) is 1.35. The van der Waals surface area contributed by atoms with Crippen molar-refractivity contribution >= 4 is 21.8 Å². The molecule has 0 saturated heterocycles. The van der Waals surface area contributed by atoms with Crippen molar-refractivity contribution in [2.24, 2.45) is 0 Å². The summed E-state index contributed by atoms with van der Waals surface area (Å²) in [6, 6.07) is 1.61. The molecule has 0 unspecified atom stereocenters. The second-order valence-corrected chi connectivity index (χ2v) is 5.30. The third-order valence-corrected chi connectivity index (χ3v) is 3.20. The van der Waals surface area contributed by atoms with E-state index in [1.165, 1.54) is 0 Å². The molecule has 6 heteroatoms. The number of rotatable bonds is 7. The lowest BCUT2D eigenvalue weighted by Crippen LogP contribution is -2.26. The van der Waals surface area contributed by atoms with Crippen molar-refractivity contribution in [1.82, 2.24) is 4.72 Å². The molecule has 0 saturated carbocycles. The Hall–Kier alpha value is -0.250. The second-order valence-electron chi connectivity index (χ2n) is 2.51. The summed E-state index contributed by atoms with van der Waals surface area (Å²) in [4.78, 5) is 0. The van der Waals surface area contributed by atoms with E-state index in [1.54, 1.807) is 17.8 Å². The highest BCUT2D eigenvalue weighted by atomic mass is 32.2. The van der Waals surface area contributed by atoms with Crippen LogP contribution in [0.1, 0.15) is 12.8 Å². The van der Waals surface area contributed by atoms with Crippen molar-refractivity contribution in [3.8, 4) is 6.07 Å². The average Bonchev–Trinajstić information content (AvgIpc) is 2.04. The summed E-state index contributed by atoms with van der Waals surface area (Å²) in [7, 11) is -3.34. The van der Waals surface area contributed by atoms with Crippen molar-refractivity contribution in [2.45, 2.75) is 12.8 Å². The number of thioether (sulfide) groups is 1. The molecule has 0 aliphatic heterocycles. The normalized spacial score (nSPS) is 11.1. The molecule has 0 fully saturated rings. The summed E-state index contributed by atoms with van der Waals surface area (Å²) in [5.74, 6) is 0.593. The van der Waals surface area contributed by atoms with Gasteiger partial charge in [0.25, 0.3) is 0 Å². The van der Waals surface area contributed by atoms with Gasteiger partial charge in [-0.1, -0.05) is 0 Å². The lowest BCUT2D eigenvalue weighted by Gasteiger charge is -2.01. The minimum absolute atomic E-state index is 0.435. The van der Waals surface area contributed by atoms with Gasteiger partial charge in [0.05, 0.1) is 6.07 Å². The molecule has 0 rings (SSSR count). The summed E-state index contributed by atoms with van der Waals surface area (Å²) in [5.41, 5.74) is 0. The Balaban J connectivity index is 3.48. The molecule has 0 aliphatic carbocycles. The van der Waals surface area contributed by atoms with E-state index < -0.39 is 15.8 Å². The monoisotopic (exact) mass is 222 g/mol. The number of unbranched alkanes of at least 4 members (excludes halogenated alkanes) is 1. The van der Waals surface area contributed by atoms with Crippen LogP contribution in [0.15, 0.2) is 0 Å². The Bertz CT molecular complexity index is 256. The van der Waals surface area contributed by atoms with Crippen LogP contribution in [0, 0.1) is 11.3 Å². The molecule has 13 heavy (non-hydrogen) atoms. The van der Waals surface area contributed by atoms with Crippen molar-refractivity contribution in [2.75, 3.05) is 24.3 Å². The van der Waals surface area contributed by atoms with Gasteiger partial charge in [-0.2, -0.15) is 17.0 Å². The maximum absolute atomic E-state index is 10.9. The quantitative estimate of drug-likeness (QED) is 0.639. The van der Waals surface area contributed by atoms with Crippen molar-refractivity contribution in [1.29, 1.82) is 5.26 Å². The zero-order valence-electron chi connectivity index (χ0n) is 7.62. The fourth-order valence-corrected chi connectivity index (χ4v) is 1.96. The van der Waals surface area contributed by atoms with Crippen LogP contribution in [0.3, 0.4) is 0 Å². The Kier molecular flexibility index (Phi) is 7.04. The predicted octanol–water partition coefficient (Wildman–Crippen LogP) is 0.573. The Morgan fingerprint density at radius 1 is 1.46 bits per heavy atom. The molecule has 0 radical (unpaired) electrons. The summed E-state index contributed by atoms with van der Waals surface area (Å²) >= 11 is 1.74. The largest absolute Gasteiger partial charge is 0.225 e. The van der Waals surface area contributed by atoms with Gasteiger partial charge >= 0.3 is 0 Å². The molecule has 76 valence electrons. The lowest BCUT2D eigenvalue weighted by molar-refractivity contribution is 0.582. The topological polar surface area (TPSA) is 70.0 Å². The maximum Gasteiger partial charge on any atom is 0.225 e. The van der Waals surface area contributed by atoms with Gasteiger partial charge < -0.3 is 0 Å². The number of nitriles is 1. The van der Waals surface area contributed by atoms with E-state index in [0.29, 0.717) is 6.54 Å². The zero-order valence-corrected chi connectivity index (χ0v) is 9.25. The molecule has 0 bridgehead atoms. The van der Waals surface area contributed by atoms with Gasteiger partial charge in [0, 0.05) is 6.54 Å². The van der Waals surface area contributed by atoms with E-state index in [1.807, 2.05) is 6.26 Å². The standard InChI is InChI=1S/C7H14N2O2S2/c1-12-6-3-2-5-9-13(10,11)7-4-8/h9H,2-3,5-7H2,1H3. The Morgan fingerprint density at radius 2 is 2.15 bits per heavy atom. The van der Waals surface area contributed by atoms with E-state index >= 15 is 0 Å². The highest BCUT2D eigenvalue weighted by molar-refractivity contribution is 7.98. The van der Waals surface area contributed by atoms with Crippen molar-refractivity contribution in [3.63, 3.8) is 0 Å². The lowest BCUT2D eigenvalue weighted by atomic mass is 10.3. The third kappa shape index (κ3) is 8.09. The number of hydrogen-bond acceptors (Lipinski definition) is 4. The van der Waals surface area contributed by atoms with E-state index in [4.69, 9.17) is 5.26 Å². The van der Waals surface area contributed by atoms with Crippen LogP contribution in [0.2, 0.25) is 0 Å². The minimum Gasteiger partial charge on any atom is -0.214 e. The van der Waals surface area contributed by atoms with Gasteiger partial charge in [-0.3, -0.25) is 0 Å². The van der Waals surface area contributed by atoms with Gasteiger partial charge in [-0.05, 0) is 24.9 Å². The van der Waals surface area contributed by atoms with E-state index in [2.05, 4.69) is 4.72 Å². The van der Waals surface area contributed by atoms with E-state index in [0.717, 1.165) is 18.6 Å². The molecule has 1 N–H and O–H groups in total. The van der Waals surface area contributed by atoms with Crippen molar-refractivity contribution in [3.05, 3.63) is 0 Å². The second kappa shape index (κ2) is 7.18. The number of hydrogen-bond donors (Lipinski definition) is 1. The van der Waals surface area contributed by atoms with E-state index in [-0.39, 0.29) is 0 Å². The summed E-state index contributed by atoms with van der Waals surface area (Å²) in [6.07, 6.45) is 3.83. The van der Waals surface area contributed by atoms with Crippen LogP contribution >= 0.6 is 11.8 Å². The van der Waals surface area contributed by atoms with Gasteiger partial charge in [0.1, 0.15) is 0 Å². The predicted molar refractivity (Wildman–Crippen MR) is 55.0 cm³/mol. The molecule has 0 aliphatic rings.